The van der Waals surface area contributed by atoms with Gasteiger partial charge in [0.2, 0.25) is 0 Å². The van der Waals surface area contributed by atoms with E-state index in [0.29, 0.717) is 12.1 Å². The van der Waals surface area contributed by atoms with E-state index in [0.717, 1.165) is 32.6 Å². The van der Waals surface area contributed by atoms with Gasteiger partial charge in [0, 0.05) is 49.8 Å². The van der Waals surface area contributed by atoms with Crippen LogP contribution >= 0.6 is 11.8 Å². The van der Waals surface area contributed by atoms with Crippen molar-refractivity contribution in [2.24, 2.45) is 0 Å². The number of aliphatic hydroxyl groups is 1. The van der Waals surface area contributed by atoms with E-state index in [4.69, 9.17) is 0 Å². The van der Waals surface area contributed by atoms with Crippen molar-refractivity contribution in [3.05, 3.63) is 29.8 Å². The lowest BCUT2D eigenvalue weighted by atomic mass is 10.1. The number of benzene rings is 1. The van der Waals surface area contributed by atoms with Crippen LogP contribution in [0.1, 0.15) is 25.8 Å². The summed E-state index contributed by atoms with van der Waals surface area (Å²) in [4.78, 5) is 6.37. The Morgan fingerprint density at radius 2 is 1.95 bits per heavy atom. The highest BCUT2D eigenvalue weighted by atomic mass is 32.2. The molecule has 1 aromatic carbocycles. The van der Waals surface area contributed by atoms with Crippen molar-refractivity contribution >= 4 is 11.8 Å². The van der Waals surface area contributed by atoms with E-state index < -0.39 is 0 Å². The van der Waals surface area contributed by atoms with Gasteiger partial charge in [-0.25, -0.2) is 0 Å². The van der Waals surface area contributed by atoms with Gasteiger partial charge in [-0.05, 0) is 44.2 Å². The Morgan fingerprint density at radius 1 is 1.24 bits per heavy atom. The molecule has 0 aromatic heterocycles. The summed E-state index contributed by atoms with van der Waals surface area (Å²) in [5.41, 5.74) is 1.38. The van der Waals surface area contributed by atoms with Crippen LogP contribution in [0.15, 0.2) is 29.2 Å². The number of aliphatic hydroxyl groups excluding tert-OH is 1. The molecule has 118 valence electrons. The van der Waals surface area contributed by atoms with Gasteiger partial charge in [0.15, 0.2) is 0 Å². The Labute approximate surface area is 133 Å². The van der Waals surface area contributed by atoms with Crippen LogP contribution in [0.2, 0.25) is 0 Å². The molecule has 1 saturated heterocycles. The standard InChI is InChI=1S/C17H28N2OS/c1-14(2)19-10-9-18(13-16(19)8-11-20)12-15-4-6-17(21-3)7-5-15/h4-7,14,16,20H,8-13H2,1-3H3. The third-order valence-corrected chi connectivity index (χ3v) is 5.05. The molecule has 2 rings (SSSR count). The molecule has 1 unspecified atom stereocenters. The molecule has 1 N–H and O–H groups in total. The second-order valence-electron chi connectivity index (χ2n) is 6.08. The molecule has 1 fully saturated rings. The topological polar surface area (TPSA) is 26.7 Å². The molecule has 0 spiro atoms. The molecule has 0 bridgehead atoms. The quantitative estimate of drug-likeness (QED) is 0.818. The molecule has 21 heavy (non-hydrogen) atoms. The predicted molar refractivity (Wildman–Crippen MR) is 90.8 cm³/mol. The van der Waals surface area contributed by atoms with Crippen LogP contribution in [-0.4, -0.2) is 59.5 Å². The van der Waals surface area contributed by atoms with Gasteiger partial charge in [0.05, 0.1) is 0 Å². The summed E-state index contributed by atoms with van der Waals surface area (Å²) in [6.45, 7) is 9.08. The minimum absolute atomic E-state index is 0.282. The fourth-order valence-corrected chi connectivity index (χ4v) is 3.56. The number of piperazine rings is 1. The Balaban J connectivity index is 1.94. The van der Waals surface area contributed by atoms with Gasteiger partial charge >= 0.3 is 0 Å². The van der Waals surface area contributed by atoms with Gasteiger partial charge < -0.3 is 5.11 Å². The molecule has 0 radical (unpaired) electrons. The summed E-state index contributed by atoms with van der Waals surface area (Å²) < 4.78 is 0. The fraction of sp³-hybridized carbons (Fsp3) is 0.647. The van der Waals surface area contributed by atoms with Crippen LogP contribution in [0.25, 0.3) is 0 Å². The Kier molecular flexibility index (Phi) is 6.55. The number of hydrogen-bond donors (Lipinski definition) is 1. The highest BCUT2D eigenvalue weighted by molar-refractivity contribution is 7.98. The molecule has 3 nitrogen and oxygen atoms in total. The van der Waals surface area contributed by atoms with Crippen molar-refractivity contribution in [2.75, 3.05) is 32.5 Å². The number of rotatable bonds is 6. The zero-order valence-corrected chi connectivity index (χ0v) is 14.3. The van der Waals surface area contributed by atoms with Crippen molar-refractivity contribution in [3.63, 3.8) is 0 Å². The lowest BCUT2D eigenvalue weighted by Crippen LogP contribution is -2.55. The van der Waals surface area contributed by atoms with E-state index in [1.165, 1.54) is 10.5 Å². The molecule has 1 aliphatic heterocycles. The largest absolute Gasteiger partial charge is 0.396 e. The number of nitrogens with zero attached hydrogens (tertiary/aromatic N) is 2. The minimum atomic E-state index is 0.282. The van der Waals surface area contributed by atoms with Gasteiger partial charge in [-0.2, -0.15) is 0 Å². The number of hydrogen-bond acceptors (Lipinski definition) is 4. The van der Waals surface area contributed by atoms with Crippen molar-refractivity contribution < 1.29 is 5.11 Å². The van der Waals surface area contributed by atoms with E-state index in [2.05, 4.69) is 54.2 Å². The zero-order chi connectivity index (χ0) is 15.2. The summed E-state index contributed by atoms with van der Waals surface area (Å²) in [5, 5.41) is 9.30. The maximum atomic E-state index is 9.30. The van der Waals surface area contributed by atoms with Crippen LogP contribution in [0.5, 0.6) is 0 Å². The molecule has 1 aromatic rings. The molecule has 1 heterocycles. The van der Waals surface area contributed by atoms with Crippen molar-refractivity contribution in [1.29, 1.82) is 0 Å². The third-order valence-electron chi connectivity index (χ3n) is 4.30. The van der Waals surface area contributed by atoms with E-state index in [1.54, 1.807) is 11.8 Å². The van der Waals surface area contributed by atoms with Crippen molar-refractivity contribution in [1.82, 2.24) is 9.80 Å². The fourth-order valence-electron chi connectivity index (χ4n) is 3.15. The summed E-state index contributed by atoms with van der Waals surface area (Å²) in [6.07, 6.45) is 2.99. The molecule has 4 heteroatoms. The van der Waals surface area contributed by atoms with E-state index in [-0.39, 0.29) is 6.61 Å². The van der Waals surface area contributed by atoms with E-state index in [1.807, 2.05) is 0 Å². The van der Waals surface area contributed by atoms with Gasteiger partial charge in [0.25, 0.3) is 0 Å². The maximum absolute atomic E-state index is 9.30. The first-order chi connectivity index (χ1) is 10.1. The second-order valence-corrected chi connectivity index (χ2v) is 6.96. The molecule has 0 amide bonds. The predicted octanol–water partition coefficient (Wildman–Crippen LogP) is 2.69. The van der Waals surface area contributed by atoms with Crippen molar-refractivity contribution in [2.45, 2.75) is 43.8 Å². The van der Waals surface area contributed by atoms with Crippen LogP contribution in [-0.2, 0) is 6.54 Å². The van der Waals surface area contributed by atoms with E-state index in [9.17, 15) is 5.11 Å². The average molecular weight is 308 g/mol. The highest BCUT2D eigenvalue weighted by Crippen LogP contribution is 2.19. The maximum Gasteiger partial charge on any atom is 0.0446 e. The van der Waals surface area contributed by atoms with Crippen LogP contribution in [0.4, 0.5) is 0 Å². The lowest BCUT2D eigenvalue weighted by molar-refractivity contribution is 0.0349. The normalized spacial score (nSPS) is 21.1. The molecule has 1 atom stereocenters. The Hall–Kier alpha value is -0.550. The second kappa shape index (κ2) is 8.18. The SMILES string of the molecule is CSc1ccc(CN2CCN(C(C)C)C(CCO)C2)cc1. The average Bonchev–Trinajstić information content (AvgIpc) is 2.48. The van der Waals surface area contributed by atoms with Gasteiger partial charge in [0.1, 0.15) is 0 Å². The zero-order valence-electron chi connectivity index (χ0n) is 13.5. The first-order valence-electron chi connectivity index (χ1n) is 7.86. The lowest BCUT2D eigenvalue weighted by Gasteiger charge is -2.43. The summed E-state index contributed by atoms with van der Waals surface area (Å²) in [6, 6.07) is 9.92. The van der Waals surface area contributed by atoms with Crippen LogP contribution in [0, 0.1) is 0 Å². The molecule has 0 saturated carbocycles. The number of thioether (sulfide) groups is 1. The Morgan fingerprint density at radius 3 is 2.52 bits per heavy atom. The highest BCUT2D eigenvalue weighted by Gasteiger charge is 2.28. The van der Waals surface area contributed by atoms with Gasteiger partial charge in [-0.1, -0.05) is 12.1 Å². The smallest absolute Gasteiger partial charge is 0.0446 e. The minimum Gasteiger partial charge on any atom is -0.396 e. The van der Waals surface area contributed by atoms with Gasteiger partial charge in [-0.15, -0.1) is 11.8 Å². The van der Waals surface area contributed by atoms with Gasteiger partial charge in [-0.3, -0.25) is 9.80 Å². The summed E-state index contributed by atoms with van der Waals surface area (Å²) in [5.74, 6) is 0. The Bertz CT molecular complexity index is 421. The molecule has 0 aliphatic carbocycles. The van der Waals surface area contributed by atoms with Crippen molar-refractivity contribution in [3.8, 4) is 0 Å². The third kappa shape index (κ3) is 4.71. The summed E-state index contributed by atoms with van der Waals surface area (Å²) >= 11 is 1.79. The molecular formula is C17H28N2OS. The van der Waals surface area contributed by atoms with E-state index >= 15 is 0 Å². The van der Waals surface area contributed by atoms with Crippen LogP contribution in [0.3, 0.4) is 0 Å². The summed E-state index contributed by atoms with van der Waals surface area (Å²) in [7, 11) is 0. The first kappa shape index (κ1) is 16.8. The van der Waals surface area contributed by atoms with Crippen LogP contribution < -0.4 is 0 Å². The molecular weight excluding hydrogens is 280 g/mol. The first-order valence-corrected chi connectivity index (χ1v) is 9.08. The monoisotopic (exact) mass is 308 g/mol. The molecule has 1 aliphatic rings.